The van der Waals surface area contributed by atoms with Crippen molar-refractivity contribution in [2.75, 3.05) is 26.7 Å². The second-order valence-corrected chi connectivity index (χ2v) is 6.63. The second-order valence-electron chi connectivity index (χ2n) is 6.63. The maximum atomic E-state index is 5.65. The van der Waals surface area contributed by atoms with E-state index in [1.165, 1.54) is 51.6 Å². The Hall–Kier alpha value is -0.120. The van der Waals surface area contributed by atoms with Gasteiger partial charge in [-0.25, -0.2) is 0 Å². The SMILES string of the molecule is COC1CCCCC1NCC(C(C)C)N1CCCC1. The summed E-state index contributed by atoms with van der Waals surface area (Å²) in [6.45, 7) is 8.44. The van der Waals surface area contributed by atoms with Crippen molar-refractivity contribution >= 4 is 0 Å². The minimum Gasteiger partial charge on any atom is -0.380 e. The van der Waals surface area contributed by atoms with Crippen molar-refractivity contribution in [1.29, 1.82) is 0 Å². The average Bonchev–Trinajstić information content (AvgIpc) is 2.93. The monoisotopic (exact) mass is 268 g/mol. The van der Waals surface area contributed by atoms with Crippen LogP contribution in [0.4, 0.5) is 0 Å². The third-order valence-electron chi connectivity index (χ3n) is 4.97. The van der Waals surface area contributed by atoms with Gasteiger partial charge in [0.05, 0.1) is 6.10 Å². The standard InChI is InChI=1S/C16H32N2O/c1-13(2)15(18-10-6-7-11-18)12-17-14-8-4-5-9-16(14)19-3/h13-17H,4-12H2,1-3H3. The molecule has 1 N–H and O–H groups in total. The largest absolute Gasteiger partial charge is 0.380 e. The van der Waals surface area contributed by atoms with Crippen molar-refractivity contribution in [3.05, 3.63) is 0 Å². The molecule has 2 fully saturated rings. The minimum atomic E-state index is 0.431. The van der Waals surface area contributed by atoms with Crippen LogP contribution in [0.5, 0.6) is 0 Å². The highest BCUT2D eigenvalue weighted by atomic mass is 16.5. The van der Waals surface area contributed by atoms with E-state index in [1.807, 2.05) is 7.11 Å². The van der Waals surface area contributed by atoms with Gasteiger partial charge in [-0.05, 0) is 44.7 Å². The molecule has 2 aliphatic rings. The van der Waals surface area contributed by atoms with Crippen molar-refractivity contribution in [2.24, 2.45) is 5.92 Å². The average molecular weight is 268 g/mol. The highest BCUT2D eigenvalue weighted by Crippen LogP contribution is 2.22. The lowest BCUT2D eigenvalue weighted by Gasteiger charge is -2.36. The number of rotatable bonds is 6. The highest BCUT2D eigenvalue weighted by molar-refractivity contribution is 4.86. The summed E-state index contributed by atoms with van der Waals surface area (Å²) in [5.41, 5.74) is 0. The van der Waals surface area contributed by atoms with E-state index in [0.717, 1.165) is 12.5 Å². The molecule has 3 heteroatoms. The van der Waals surface area contributed by atoms with Crippen LogP contribution in [0.25, 0.3) is 0 Å². The fourth-order valence-corrected chi connectivity index (χ4v) is 3.74. The molecule has 0 bridgehead atoms. The molecule has 1 aliphatic carbocycles. The summed E-state index contributed by atoms with van der Waals surface area (Å²) in [5.74, 6) is 0.732. The molecule has 1 aliphatic heterocycles. The van der Waals surface area contributed by atoms with E-state index in [0.29, 0.717) is 18.2 Å². The fraction of sp³-hybridized carbons (Fsp3) is 1.00. The van der Waals surface area contributed by atoms with E-state index >= 15 is 0 Å². The quantitative estimate of drug-likeness (QED) is 0.801. The van der Waals surface area contributed by atoms with Crippen LogP contribution in [-0.2, 0) is 4.74 Å². The van der Waals surface area contributed by atoms with Gasteiger partial charge in [0.15, 0.2) is 0 Å². The molecule has 3 atom stereocenters. The Morgan fingerprint density at radius 3 is 2.42 bits per heavy atom. The van der Waals surface area contributed by atoms with Gasteiger partial charge >= 0.3 is 0 Å². The summed E-state index contributed by atoms with van der Waals surface area (Å²) in [7, 11) is 1.87. The number of likely N-dealkylation sites (tertiary alicyclic amines) is 1. The zero-order valence-corrected chi connectivity index (χ0v) is 13.0. The van der Waals surface area contributed by atoms with Gasteiger partial charge in [-0.15, -0.1) is 0 Å². The summed E-state index contributed by atoms with van der Waals surface area (Å²) >= 11 is 0. The molecule has 1 saturated carbocycles. The van der Waals surface area contributed by atoms with Crippen molar-refractivity contribution in [2.45, 2.75) is 70.6 Å². The molecule has 0 aromatic rings. The Balaban J connectivity index is 1.83. The number of hydrogen-bond acceptors (Lipinski definition) is 3. The van der Waals surface area contributed by atoms with Crippen LogP contribution in [0.2, 0.25) is 0 Å². The van der Waals surface area contributed by atoms with E-state index in [1.54, 1.807) is 0 Å². The topological polar surface area (TPSA) is 24.5 Å². The van der Waals surface area contributed by atoms with Gasteiger partial charge in [-0.3, -0.25) is 4.90 Å². The predicted octanol–water partition coefficient (Wildman–Crippen LogP) is 2.65. The van der Waals surface area contributed by atoms with Gasteiger partial charge in [0.2, 0.25) is 0 Å². The lowest BCUT2D eigenvalue weighted by molar-refractivity contribution is 0.0377. The van der Waals surface area contributed by atoms with Gasteiger partial charge < -0.3 is 10.1 Å². The molecule has 1 heterocycles. The van der Waals surface area contributed by atoms with Crippen LogP contribution in [0, 0.1) is 5.92 Å². The third kappa shape index (κ3) is 4.17. The molecule has 0 spiro atoms. The van der Waals surface area contributed by atoms with Crippen molar-refractivity contribution in [3.63, 3.8) is 0 Å². The zero-order valence-electron chi connectivity index (χ0n) is 13.0. The van der Waals surface area contributed by atoms with Crippen LogP contribution < -0.4 is 5.32 Å². The fourth-order valence-electron chi connectivity index (χ4n) is 3.74. The molecule has 3 nitrogen and oxygen atoms in total. The molecule has 1 saturated heterocycles. The molecule has 19 heavy (non-hydrogen) atoms. The van der Waals surface area contributed by atoms with Gasteiger partial charge in [-0.1, -0.05) is 26.7 Å². The molecule has 112 valence electrons. The number of nitrogens with one attached hydrogen (secondary N) is 1. The summed E-state index contributed by atoms with van der Waals surface area (Å²) in [6.07, 6.45) is 8.39. The number of ether oxygens (including phenoxy) is 1. The third-order valence-corrected chi connectivity index (χ3v) is 4.97. The molecule has 0 radical (unpaired) electrons. The summed E-state index contributed by atoms with van der Waals surface area (Å²) in [5, 5.41) is 3.81. The Labute approximate surface area is 119 Å². The Kier molecular flexibility index (Phi) is 6.11. The van der Waals surface area contributed by atoms with Gasteiger partial charge in [-0.2, -0.15) is 0 Å². The lowest BCUT2D eigenvalue weighted by atomic mass is 9.91. The van der Waals surface area contributed by atoms with Crippen molar-refractivity contribution in [1.82, 2.24) is 10.2 Å². The maximum absolute atomic E-state index is 5.65. The number of hydrogen-bond donors (Lipinski definition) is 1. The summed E-state index contributed by atoms with van der Waals surface area (Å²) in [6, 6.07) is 1.27. The van der Waals surface area contributed by atoms with Crippen molar-refractivity contribution < 1.29 is 4.74 Å². The molecule has 3 unspecified atom stereocenters. The normalized spacial score (nSPS) is 30.9. The van der Waals surface area contributed by atoms with Gasteiger partial charge in [0, 0.05) is 25.7 Å². The van der Waals surface area contributed by atoms with E-state index in [4.69, 9.17) is 4.74 Å². The van der Waals surface area contributed by atoms with E-state index in [9.17, 15) is 0 Å². The maximum Gasteiger partial charge on any atom is 0.0724 e. The van der Waals surface area contributed by atoms with Crippen LogP contribution in [0.3, 0.4) is 0 Å². The first-order chi connectivity index (χ1) is 9.22. The highest BCUT2D eigenvalue weighted by Gasteiger charge is 2.28. The van der Waals surface area contributed by atoms with Crippen LogP contribution in [0.15, 0.2) is 0 Å². The van der Waals surface area contributed by atoms with E-state index in [2.05, 4.69) is 24.1 Å². The van der Waals surface area contributed by atoms with Crippen LogP contribution in [0.1, 0.15) is 52.4 Å². The Morgan fingerprint density at radius 1 is 1.11 bits per heavy atom. The summed E-state index contributed by atoms with van der Waals surface area (Å²) < 4.78 is 5.65. The molecule has 0 amide bonds. The molecular formula is C16H32N2O. The molecular weight excluding hydrogens is 236 g/mol. The minimum absolute atomic E-state index is 0.431. The number of methoxy groups -OCH3 is 1. The van der Waals surface area contributed by atoms with E-state index < -0.39 is 0 Å². The Bertz CT molecular complexity index is 251. The van der Waals surface area contributed by atoms with Crippen molar-refractivity contribution in [3.8, 4) is 0 Å². The van der Waals surface area contributed by atoms with Gasteiger partial charge in [0.25, 0.3) is 0 Å². The first kappa shape index (κ1) is 15.3. The second kappa shape index (κ2) is 7.61. The predicted molar refractivity (Wildman–Crippen MR) is 80.5 cm³/mol. The summed E-state index contributed by atoms with van der Waals surface area (Å²) in [4.78, 5) is 2.68. The lowest BCUT2D eigenvalue weighted by Crippen LogP contribution is -2.50. The van der Waals surface area contributed by atoms with Gasteiger partial charge in [0.1, 0.15) is 0 Å². The smallest absolute Gasteiger partial charge is 0.0724 e. The molecule has 2 rings (SSSR count). The zero-order chi connectivity index (χ0) is 13.7. The molecule has 0 aromatic carbocycles. The number of nitrogens with zero attached hydrogens (tertiary/aromatic N) is 1. The molecule has 0 aromatic heterocycles. The van der Waals surface area contributed by atoms with E-state index in [-0.39, 0.29) is 0 Å². The van der Waals surface area contributed by atoms with Crippen LogP contribution in [-0.4, -0.2) is 49.8 Å². The first-order valence-corrected chi connectivity index (χ1v) is 8.22. The Morgan fingerprint density at radius 2 is 1.79 bits per heavy atom. The first-order valence-electron chi connectivity index (χ1n) is 8.22. The van der Waals surface area contributed by atoms with Crippen LogP contribution >= 0.6 is 0 Å².